The van der Waals surface area contributed by atoms with E-state index in [0.29, 0.717) is 17.9 Å². The number of carboxylic acids is 2. The Kier molecular flexibility index (Phi) is 16.6. The summed E-state index contributed by atoms with van der Waals surface area (Å²) in [5.74, 6) is -4.46. The lowest BCUT2D eigenvalue weighted by atomic mass is 10.1. The van der Waals surface area contributed by atoms with Crippen LogP contribution in [0.2, 0.25) is 0 Å². The summed E-state index contributed by atoms with van der Waals surface area (Å²) in [5.41, 5.74) is 11.0. The fraction of sp³-hybridized carbons (Fsp3) is 0.700. The maximum Gasteiger partial charge on any atom is 0.326 e. The van der Waals surface area contributed by atoms with Gasteiger partial charge in [-0.1, -0.05) is 0 Å². The number of amides is 4. The lowest BCUT2D eigenvalue weighted by Crippen LogP contribution is -2.57. The van der Waals surface area contributed by atoms with Crippen LogP contribution in [0.1, 0.15) is 38.5 Å². The van der Waals surface area contributed by atoms with Gasteiger partial charge in [-0.25, -0.2) is 4.79 Å². The predicted octanol–water partition coefficient (Wildman–Crippen LogP) is -1.51. The molecule has 0 aromatic rings. The molecule has 4 amide bonds. The quantitative estimate of drug-likeness (QED) is 0.100. The summed E-state index contributed by atoms with van der Waals surface area (Å²) in [6.45, 7) is 0. The van der Waals surface area contributed by atoms with Gasteiger partial charge in [0.1, 0.15) is 18.1 Å². The highest BCUT2D eigenvalue weighted by Gasteiger charge is 2.30. The van der Waals surface area contributed by atoms with Gasteiger partial charge in [0.2, 0.25) is 23.6 Å². The van der Waals surface area contributed by atoms with Crippen LogP contribution < -0.4 is 27.4 Å². The molecule has 0 aliphatic carbocycles. The zero-order valence-corrected chi connectivity index (χ0v) is 21.4. The Balaban J connectivity index is 5.48. The smallest absolute Gasteiger partial charge is 0.326 e. The molecule has 0 radical (unpaired) electrons. The van der Waals surface area contributed by atoms with Gasteiger partial charge in [0, 0.05) is 12.8 Å². The number of carbonyl (C=O) groups is 6. The summed E-state index contributed by atoms with van der Waals surface area (Å²) in [7, 11) is 0. The molecule has 0 fully saturated rings. The molecule has 9 N–H and O–H groups in total. The first-order valence-electron chi connectivity index (χ1n) is 10.8. The van der Waals surface area contributed by atoms with E-state index in [-0.39, 0.29) is 25.7 Å². The molecule has 0 saturated heterocycles. The van der Waals surface area contributed by atoms with Crippen molar-refractivity contribution >= 4 is 59.1 Å². The maximum absolute atomic E-state index is 12.9. The Morgan fingerprint density at radius 2 is 1.17 bits per heavy atom. The van der Waals surface area contributed by atoms with Crippen LogP contribution in [0.4, 0.5) is 0 Å². The van der Waals surface area contributed by atoms with E-state index in [1.165, 1.54) is 23.5 Å². The van der Waals surface area contributed by atoms with Crippen LogP contribution in [0.25, 0.3) is 0 Å². The molecule has 4 unspecified atom stereocenters. The standard InChI is InChI=1S/C20H35N5O8S2/c1-34-9-7-11(21)17(29)23-12(3-5-15(22)26)18(30)24-13(8-10-35-2)19(31)25-14(20(32)33)4-6-16(27)28/h11-14H,3-10,21H2,1-2H3,(H2,22,26)(H,23,29)(H,24,30)(H,25,31)(H,27,28)(H,32,33). The van der Waals surface area contributed by atoms with Crippen LogP contribution in [0.5, 0.6) is 0 Å². The Morgan fingerprint density at radius 3 is 1.66 bits per heavy atom. The Bertz CT molecular complexity index is 755. The van der Waals surface area contributed by atoms with Gasteiger partial charge in [-0.05, 0) is 49.7 Å². The normalized spacial score (nSPS) is 14.1. The molecule has 0 aliphatic heterocycles. The first-order valence-corrected chi connectivity index (χ1v) is 13.6. The van der Waals surface area contributed by atoms with Gasteiger partial charge in [0.15, 0.2) is 0 Å². The highest BCUT2D eigenvalue weighted by Crippen LogP contribution is 2.07. The minimum atomic E-state index is -1.47. The molecular formula is C20H35N5O8S2. The Hall–Kier alpha value is -2.52. The number of thioether (sulfide) groups is 2. The Morgan fingerprint density at radius 1 is 0.714 bits per heavy atom. The van der Waals surface area contributed by atoms with E-state index in [0.717, 1.165) is 0 Å². The van der Waals surface area contributed by atoms with Crippen LogP contribution in [0.15, 0.2) is 0 Å². The number of nitrogens with two attached hydrogens (primary N) is 2. The molecule has 15 heteroatoms. The number of nitrogens with one attached hydrogen (secondary N) is 3. The van der Waals surface area contributed by atoms with Crippen LogP contribution in [-0.4, -0.2) is 94.0 Å². The topological polar surface area (TPSA) is 231 Å². The average Bonchev–Trinajstić information content (AvgIpc) is 2.79. The van der Waals surface area contributed by atoms with Crippen molar-refractivity contribution in [1.29, 1.82) is 0 Å². The molecular weight excluding hydrogens is 502 g/mol. The van der Waals surface area contributed by atoms with E-state index >= 15 is 0 Å². The van der Waals surface area contributed by atoms with Crippen LogP contribution in [-0.2, 0) is 28.8 Å². The third-order valence-electron chi connectivity index (χ3n) is 4.79. The number of hydrogen-bond acceptors (Lipinski definition) is 9. The predicted molar refractivity (Wildman–Crippen MR) is 133 cm³/mol. The molecule has 13 nitrogen and oxygen atoms in total. The lowest BCUT2D eigenvalue weighted by molar-refractivity contribution is -0.143. The van der Waals surface area contributed by atoms with Crippen molar-refractivity contribution in [3.8, 4) is 0 Å². The molecule has 200 valence electrons. The van der Waals surface area contributed by atoms with Gasteiger partial charge < -0.3 is 37.6 Å². The Labute approximate surface area is 212 Å². The first kappa shape index (κ1) is 32.5. The van der Waals surface area contributed by atoms with E-state index < -0.39 is 66.2 Å². The number of hydrogen-bond donors (Lipinski definition) is 7. The van der Waals surface area contributed by atoms with Gasteiger partial charge in [0.25, 0.3) is 0 Å². The van der Waals surface area contributed by atoms with Crippen molar-refractivity contribution in [2.75, 3.05) is 24.0 Å². The molecule has 4 atom stereocenters. The molecule has 0 rings (SSSR count). The van der Waals surface area contributed by atoms with E-state index in [1.807, 2.05) is 6.26 Å². The zero-order valence-electron chi connectivity index (χ0n) is 19.8. The van der Waals surface area contributed by atoms with E-state index in [4.69, 9.17) is 16.6 Å². The van der Waals surface area contributed by atoms with Gasteiger partial charge in [-0.2, -0.15) is 23.5 Å². The SMILES string of the molecule is CSCCC(N)C(=O)NC(CCC(N)=O)C(=O)NC(CCSC)C(=O)NC(CCC(=O)O)C(=O)O. The van der Waals surface area contributed by atoms with Crippen molar-refractivity contribution < 1.29 is 39.0 Å². The molecule has 35 heavy (non-hydrogen) atoms. The highest BCUT2D eigenvalue weighted by molar-refractivity contribution is 7.98. The van der Waals surface area contributed by atoms with Crippen LogP contribution in [0, 0.1) is 0 Å². The second kappa shape index (κ2) is 17.8. The molecule has 0 saturated carbocycles. The number of primary amides is 1. The van der Waals surface area contributed by atoms with E-state index in [9.17, 15) is 33.9 Å². The van der Waals surface area contributed by atoms with Crippen molar-refractivity contribution in [2.24, 2.45) is 11.5 Å². The van der Waals surface area contributed by atoms with Crippen LogP contribution in [0.3, 0.4) is 0 Å². The summed E-state index contributed by atoms with van der Waals surface area (Å²) >= 11 is 2.88. The minimum Gasteiger partial charge on any atom is -0.481 e. The fourth-order valence-corrected chi connectivity index (χ4v) is 3.75. The fourth-order valence-electron chi connectivity index (χ4n) is 2.78. The summed E-state index contributed by atoms with van der Waals surface area (Å²) < 4.78 is 0. The third-order valence-corrected chi connectivity index (χ3v) is 6.08. The lowest BCUT2D eigenvalue weighted by Gasteiger charge is -2.25. The summed E-state index contributed by atoms with van der Waals surface area (Å²) in [5, 5.41) is 25.3. The van der Waals surface area contributed by atoms with Gasteiger partial charge in [-0.3, -0.25) is 24.0 Å². The van der Waals surface area contributed by atoms with Gasteiger partial charge in [0.05, 0.1) is 6.04 Å². The molecule has 0 heterocycles. The van der Waals surface area contributed by atoms with Crippen molar-refractivity contribution in [3.05, 3.63) is 0 Å². The summed E-state index contributed by atoms with van der Waals surface area (Å²) in [6, 6.07) is -4.72. The second-order valence-corrected chi connectivity index (χ2v) is 9.60. The molecule has 0 spiro atoms. The second-order valence-electron chi connectivity index (χ2n) is 7.63. The largest absolute Gasteiger partial charge is 0.481 e. The monoisotopic (exact) mass is 537 g/mol. The van der Waals surface area contributed by atoms with Crippen molar-refractivity contribution in [2.45, 2.75) is 62.7 Å². The third kappa shape index (κ3) is 14.5. The minimum absolute atomic E-state index is 0.130. The number of rotatable bonds is 19. The molecule has 0 aliphatic rings. The van der Waals surface area contributed by atoms with Gasteiger partial charge in [-0.15, -0.1) is 0 Å². The molecule has 0 aromatic carbocycles. The van der Waals surface area contributed by atoms with Gasteiger partial charge >= 0.3 is 11.9 Å². The maximum atomic E-state index is 12.9. The summed E-state index contributed by atoms with van der Waals surface area (Å²) in [6.07, 6.45) is 2.96. The molecule has 0 bridgehead atoms. The molecule has 0 aromatic heterocycles. The highest BCUT2D eigenvalue weighted by atomic mass is 32.2. The van der Waals surface area contributed by atoms with Crippen molar-refractivity contribution in [1.82, 2.24) is 16.0 Å². The number of carboxylic acid groups (broad SMARTS) is 2. The number of carbonyl (C=O) groups excluding carboxylic acids is 4. The number of aliphatic carboxylic acids is 2. The van der Waals surface area contributed by atoms with Crippen molar-refractivity contribution in [3.63, 3.8) is 0 Å². The van der Waals surface area contributed by atoms with Crippen LogP contribution >= 0.6 is 23.5 Å². The zero-order chi connectivity index (χ0) is 27.0. The average molecular weight is 538 g/mol. The first-order chi connectivity index (χ1) is 16.4. The summed E-state index contributed by atoms with van der Waals surface area (Å²) in [4.78, 5) is 71.5. The van der Waals surface area contributed by atoms with E-state index in [2.05, 4.69) is 16.0 Å². The van der Waals surface area contributed by atoms with E-state index in [1.54, 1.807) is 6.26 Å².